The van der Waals surface area contributed by atoms with Crippen LogP contribution in [0, 0.1) is 0 Å². The predicted molar refractivity (Wildman–Crippen MR) is 33.2 cm³/mol. The van der Waals surface area contributed by atoms with Crippen molar-refractivity contribution in [3.05, 3.63) is 13.2 Å². The second kappa shape index (κ2) is 81.1. The summed E-state index contributed by atoms with van der Waals surface area (Å²) in [6.45, 7) is 8.65. The first-order valence-electron chi connectivity index (χ1n) is 1.62. The summed E-state index contributed by atoms with van der Waals surface area (Å²) in [4.78, 5) is 0. The van der Waals surface area contributed by atoms with E-state index in [-0.39, 0.29) is 12.4 Å². The van der Waals surface area contributed by atoms with Crippen molar-refractivity contribution in [2.75, 3.05) is 6.54 Å². The minimum atomic E-state index is 0. The molecule has 0 saturated heterocycles. The van der Waals surface area contributed by atoms with Crippen LogP contribution in [0.15, 0.2) is 13.2 Å². The molecule has 40 valence electrons. The molecule has 0 atom stereocenters. The van der Waals surface area contributed by atoms with E-state index in [1.165, 1.54) is 0 Å². The van der Waals surface area contributed by atoms with E-state index in [1.807, 2.05) is 6.92 Å². The summed E-state index contributed by atoms with van der Waals surface area (Å²) in [5, 5.41) is 0. The maximum atomic E-state index is 4.85. The van der Waals surface area contributed by atoms with E-state index in [4.69, 9.17) is 5.73 Å². The molecule has 2 N–H and O–H groups in total. The number of rotatable bonds is 0. The van der Waals surface area contributed by atoms with Gasteiger partial charge in [0.25, 0.3) is 0 Å². The van der Waals surface area contributed by atoms with Crippen LogP contribution in [0.25, 0.3) is 0 Å². The van der Waals surface area contributed by atoms with Crippen LogP contribution >= 0.6 is 12.4 Å². The second-order valence-electron chi connectivity index (χ2n) is 0.408. The molecule has 0 unspecified atom stereocenters. The average Bonchev–Trinajstić information content (AvgIpc) is 1.46. The third-order valence-corrected chi connectivity index (χ3v) is 0. The molecule has 0 aromatic carbocycles. The van der Waals surface area contributed by atoms with Crippen molar-refractivity contribution < 1.29 is 0 Å². The molecule has 0 aliphatic carbocycles. The fourth-order valence-electron chi connectivity index (χ4n) is 0. The van der Waals surface area contributed by atoms with Gasteiger partial charge in [0, 0.05) is 0 Å². The molecule has 0 fully saturated rings. The van der Waals surface area contributed by atoms with Gasteiger partial charge in [0.15, 0.2) is 0 Å². The van der Waals surface area contributed by atoms with E-state index in [0.717, 1.165) is 6.54 Å². The maximum absolute atomic E-state index is 4.85. The number of hydrogen-bond donors (Lipinski definition) is 1. The van der Waals surface area contributed by atoms with Gasteiger partial charge < -0.3 is 5.73 Å². The van der Waals surface area contributed by atoms with Crippen LogP contribution in [-0.2, 0) is 0 Å². The van der Waals surface area contributed by atoms with Crippen molar-refractivity contribution >= 4 is 12.4 Å². The van der Waals surface area contributed by atoms with Crippen LogP contribution in [0.3, 0.4) is 0 Å². The number of hydrogen-bond acceptors (Lipinski definition) is 1. The lowest BCUT2D eigenvalue weighted by Crippen LogP contribution is -1.87. The van der Waals surface area contributed by atoms with Gasteiger partial charge in [0.05, 0.1) is 0 Å². The zero-order chi connectivity index (χ0) is 4.71. The Bertz CT molecular complexity index is 11.5. The van der Waals surface area contributed by atoms with Crippen molar-refractivity contribution in [3.8, 4) is 0 Å². The van der Waals surface area contributed by atoms with Gasteiger partial charge in [0.2, 0.25) is 0 Å². The fourth-order valence-corrected chi connectivity index (χ4v) is 0. The summed E-state index contributed by atoms with van der Waals surface area (Å²) in [6, 6.07) is 0. The predicted octanol–water partition coefficient (Wildman–Crippen LogP) is 1.19. The Labute approximate surface area is 45.6 Å². The first-order valence-corrected chi connectivity index (χ1v) is 1.62. The molecule has 0 radical (unpaired) electrons. The molecule has 0 spiro atoms. The van der Waals surface area contributed by atoms with Crippen LogP contribution in [0.4, 0.5) is 0 Å². The highest BCUT2D eigenvalue weighted by molar-refractivity contribution is 5.85. The highest BCUT2D eigenvalue weighted by atomic mass is 35.5. The normalized spacial score (nSPS) is 3.67. The summed E-state index contributed by atoms with van der Waals surface area (Å²) in [7, 11) is 0. The van der Waals surface area contributed by atoms with Crippen LogP contribution in [0.5, 0.6) is 0 Å². The molecule has 1 nitrogen and oxygen atoms in total. The summed E-state index contributed by atoms with van der Waals surface area (Å²) in [5.74, 6) is 0. The van der Waals surface area contributed by atoms with Crippen LogP contribution in [-0.4, -0.2) is 6.54 Å². The summed E-state index contributed by atoms with van der Waals surface area (Å²) < 4.78 is 0. The topological polar surface area (TPSA) is 26.0 Å². The van der Waals surface area contributed by atoms with E-state index in [0.29, 0.717) is 0 Å². The Hall–Kier alpha value is -0.0100. The summed E-state index contributed by atoms with van der Waals surface area (Å²) in [6.07, 6.45) is 0. The first kappa shape index (κ1) is 16.7. The van der Waals surface area contributed by atoms with Gasteiger partial charge in [0.1, 0.15) is 0 Å². The van der Waals surface area contributed by atoms with Crippen LogP contribution in [0.1, 0.15) is 6.92 Å². The molecule has 2 heteroatoms. The van der Waals surface area contributed by atoms with Crippen LogP contribution < -0.4 is 5.73 Å². The summed E-state index contributed by atoms with van der Waals surface area (Å²) >= 11 is 0. The first-order chi connectivity index (χ1) is 2.41. The van der Waals surface area contributed by atoms with E-state index in [1.54, 1.807) is 0 Å². The highest BCUT2D eigenvalue weighted by Crippen LogP contribution is 1.20. The molecule has 0 aromatic heterocycles. The minimum absolute atomic E-state index is 0. The van der Waals surface area contributed by atoms with Gasteiger partial charge in [-0.15, -0.1) is 25.6 Å². The molecule has 0 aliphatic rings. The van der Waals surface area contributed by atoms with E-state index < -0.39 is 0 Å². The molecule has 6 heavy (non-hydrogen) atoms. The Morgan fingerprint density at radius 1 is 1.50 bits per heavy atom. The molecule has 0 amide bonds. The van der Waals surface area contributed by atoms with Crippen molar-refractivity contribution in [2.45, 2.75) is 6.92 Å². The molecule has 0 aliphatic heterocycles. The van der Waals surface area contributed by atoms with Gasteiger partial charge in [-0.3, -0.25) is 0 Å². The number of halogens is 1. The SMILES string of the molecule is C=C.CCN.Cl. The van der Waals surface area contributed by atoms with Crippen molar-refractivity contribution in [1.82, 2.24) is 0 Å². The van der Waals surface area contributed by atoms with E-state index in [9.17, 15) is 0 Å². The third kappa shape index (κ3) is 357000. The molecule has 0 rings (SSSR count). The molecular formula is C4H12ClN. The largest absolute Gasteiger partial charge is 0.331 e. The smallest absolute Gasteiger partial charge is 0.0106 e. The van der Waals surface area contributed by atoms with Gasteiger partial charge in [-0.25, -0.2) is 0 Å². The van der Waals surface area contributed by atoms with Crippen molar-refractivity contribution in [2.24, 2.45) is 5.73 Å². The minimum Gasteiger partial charge on any atom is -0.331 e. The Morgan fingerprint density at radius 3 is 1.50 bits per heavy atom. The average molecular weight is 110 g/mol. The van der Waals surface area contributed by atoms with Gasteiger partial charge >= 0.3 is 0 Å². The Kier molecular flexibility index (Phi) is 225. The zero-order valence-corrected chi connectivity index (χ0v) is 4.92. The molecule has 0 bridgehead atoms. The van der Waals surface area contributed by atoms with Crippen LogP contribution in [0.2, 0.25) is 0 Å². The lowest BCUT2D eigenvalue weighted by Gasteiger charge is -1.53. The molecule has 0 saturated carbocycles. The maximum Gasteiger partial charge on any atom is -0.0106 e. The van der Waals surface area contributed by atoms with Gasteiger partial charge in [-0.1, -0.05) is 6.92 Å². The van der Waals surface area contributed by atoms with E-state index in [2.05, 4.69) is 13.2 Å². The lowest BCUT2D eigenvalue weighted by atomic mass is 10.8. The second-order valence-corrected chi connectivity index (χ2v) is 0.408. The standard InChI is InChI=1S/C2H7N.C2H4.ClH/c1-2-3;1-2;/h2-3H2,1H3;1-2H2;1H. The van der Waals surface area contributed by atoms with Gasteiger partial charge in [-0.05, 0) is 6.54 Å². The molecular weight excluding hydrogens is 97.5 g/mol. The lowest BCUT2D eigenvalue weighted by molar-refractivity contribution is 1.14. The van der Waals surface area contributed by atoms with Crippen molar-refractivity contribution in [1.29, 1.82) is 0 Å². The molecule has 0 heterocycles. The fraction of sp³-hybridized carbons (Fsp3) is 0.500. The number of nitrogens with two attached hydrogens (primary N) is 1. The van der Waals surface area contributed by atoms with Gasteiger partial charge in [-0.2, -0.15) is 0 Å². The van der Waals surface area contributed by atoms with Crippen molar-refractivity contribution in [3.63, 3.8) is 0 Å². The molecule has 0 aromatic rings. The Balaban J connectivity index is -0.0000000275. The zero-order valence-electron chi connectivity index (χ0n) is 4.11. The summed E-state index contributed by atoms with van der Waals surface area (Å²) in [5.41, 5.74) is 4.85. The van der Waals surface area contributed by atoms with E-state index >= 15 is 0 Å². The quantitative estimate of drug-likeness (QED) is 0.465. The third-order valence-electron chi connectivity index (χ3n) is 0. The highest BCUT2D eigenvalue weighted by Gasteiger charge is 1.32. The Morgan fingerprint density at radius 2 is 1.50 bits per heavy atom. The monoisotopic (exact) mass is 109 g/mol.